The number of ether oxygens (including phenoxy) is 1. The molecule has 2 fully saturated rings. The molecule has 330 valence electrons. The third-order valence-corrected chi connectivity index (χ3v) is 12.7. The van der Waals surface area contributed by atoms with Gasteiger partial charge < -0.3 is 19.1 Å². The van der Waals surface area contributed by atoms with Crippen LogP contribution in [0.15, 0.2) is 65.2 Å². The largest absolute Gasteiger partial charge is 0.384 e. The zero-order valence-electron chi connectivity index (χ0n) is 36.5. The molecule has 2 saturated heterocycles. The topological polar surface area (TPSA) is 169 Å². The number of nitrogens with one attached hydrogen (secondary N) is 2. The molecule has 0 spiro atoms. The Morgan fingerprint density at radius 1 is 0.889 bits per heavy atom. The summed E-state index contributed by atoms with van der Waals surface area (Å²) in [7, 11) is 0. The van der Waals surface area contributed by atoms with Crippen LogP contribution < -0.4 is 10.6 Å². The van der Waals surface area contributed by atoms with Crippen LogP contribution in [0.25, 0.3) is 22.2 Å². The van der Waals surface area contributed by atoms with Gasteiger partial charge in [-0.1, -0.05) is 60.8 Å². The van der Waals surface area contributed by atoms with E-state index < -0.39 is 29.7 Å². The van der Waals surface area contributed by atoms with E-state index in [0.717, 1.165) is 128 Å². The van der Waals surface area contributed by atoms with E-state index in [-0.39, 0.29) is 29.8 Å². The normalized spacial score (nSPS) is 17.4. The number of imide groups is 2. The molecule has 2 N–H and O–H groups in total. The first-order valence-corrected chi connectivity index (χ1v) is 22.5. The Morgan fingerprint density at radius 3 is 2.41 bits per heavy atom. The quantitative estimate of drug-likeness (QED) is 0.0664. The number of morpholine rings is 1. The predicted molar refractivity (Wildman–Crippen MR) is 238 cm³/mol. The summed E-state index contributed by atoms with van der Waals surface area (Å²) >= 11 is 0. The number of ketones is 1. The number of benzene rings is 3. The number of imidazole rings is 1. The van der Waals surface area contributed by atoms with Crippen LogP contribution in [0.1, 0.15) is 107 Å². The van der Waals surface area contributed by atoms with E-state index in [1.807, 2.05) is 13.8 Å². The highest BCUT2D eigenvalue weighted by Crippen LogP contribution is 2.33. The molecule has 4 amide bonds. The predicted octanol–water partition coefficient (Wildman–Crippen LogP) is 6.78. The van der Waals surface area contributed by atoms with Crippen molar-refractivity contribution in [2.45, 2.75) is 110 Å². The van der Waals surface area contributed by atoms with Gasteiger partial charge in [-0.3, -0.25) is 39.1 Å². The Morgan fingerprint density at radius 2 is 1.65 bits per heavy atom. The van der Waals surface area contributed by atoms with Crippen molar-refractivity contribution in [1.82, 2.24) is 29.8 Å². The highest BCUT2D eigenvalue weighted by Gasteiger charge is 2.45. The van der Waals surface area contributed by atoms with E-state index in [4.69, 9.17) is 14.2 Å². The Hall–Kier alpha value is -5.99. The number of nitrogens with zero attached hydrogens (tertiary/aromatic N) is 5. The first-order valence-electron chi connectivity index (χ1n) is 22.5. The lowest BCUT2D eigenvalue weighted by atomic mass is 10.0. The van der Waals surface area contributed by atoms with E-state index in [0.29, 0.717) is 31.1 Å². The first kappa shape index (κ1) is 43.7. The molecule has 8 rings (SSSR count). The van der Waals surface area contributed by atoms with Crippen LogP contribution >= 0.6 is 0 Å². The average Bonchev–Trinajstić information content (AvgIpc) is 3.89. The van der Waals surface area contributed by atoms with Crippen molar-refractivity contribution in [3.05, 3.63) is 100 Å². The second-order valence-corrected chi connectivity index (χ2v) is 17.2. The average molecular weight is 856 g/mol. The molecule has 5 heterocycles. The lowest BCUT2D eigenvalue weighted by molar-refractivity contribution is -0.136. The van der Waals surface area contributed by atoms with E-state index in [2.05, 4.69) is 74.6 Å². The molecular formula is C49H57N7O7. The van der Waals surface area contributed by atoms with Crippen LogP contribution in [0.4, 0.5) is 5.69 Å². The summed E-state index contributed by atoms with van der Waals surface area (Å²) in [5.41, 5.74) is 8.38. The molecule has 2 unspecified atom stereocenters. The lowest BCUT2D eigenvalue weighted by Crippen LogP contribution is -2.54. The summed E-state index contributed by atoms with van der Waals surface area (Å²) in [5, 5.41) is 9.71. The number of piperidine rings is 1. The minimum Gasteiger partial charge on any atom is -0.384 e. The van der Waals surface area contributed by atoms with Crippen molar-refractivity contribution < 1.29 is 33.2 Å². The highest BCUT2D eigenvalue weighted by atomic mass is 16.5. The highest BCUT2D eigenvalue weighted by molar-refractivity contribution is 6.25. The minimum absolute atomic E-state index is 0.0795. The molecule has 14 nitrogen and oxygen atoms in total. The van der Waals surface area contributed by atoms with Crippen molar-refractivity contribution in [2.24, 2.45) is 0 Å². The summed E-state index contributed by atoms with van der Waals surface area (Å²) in [6.07, 6.45) is 7.41. The molecule has 14 heteroatoms. The number of aryl methyl sites for hydroxylation is 4. The van der Waals surface area contributed by atoms with Crippen LogP contribution in [-0.4, -0.2) is 98.9 Å². The van der Waals surface area contributed by atoms with Gasteiger partial charge in [-0.05, 0) is 87.4 Å². The number of anilines is 1. The second-order valence-electron chi connectivity index (χ2n) is 17.2. The number of carbonyl (C=O) groups is 5. The van der Waals surface area contributed by atoms with Crippen molar-refractivity contribution in [3.63, 3.8) is 0 Å². The number of Topliss-reactive ketones (excluding diaryl/α,β-unsaturated/α-hetero) is 1. The molecule has 2 atom stereocenters. The number of hydrogen-bond acceptors (Lipinski definition) is 11. The zero-order chi connectivity index (χ0) is 44.0. The molecule has 2 aromatic heterocycles. The summed E-state index contributed by atoms with van der Waals surface area (Å²) in [6, 6.07) is 19.3. The van der Waals surface area contributed by atoms with Gasteiger partial charge in [-0.25, -0.2) is 4.98 Å². The Balaban J connectivity index is 0.778. The molecule has 3 aromatic carbocycles. The van der Waals surface area contributed by atoms with Gasteiger partial charge in [0.1, 0.15) is 23.4 Å². The molecule has 0 bridgehead atoms. The fraction of sp³-hybridized carbons (Fsp3) is 0.449. The van der Waals surface area contributed by atoms with Crippen LogP contribution in [0.5, 0.6) is 0 Å². The number of aromatic nitrogens is 3. The molecule has 0 radical (unpaired) electrons. The lowest BCUT2D eigenvalue weighted by Gasteiger charge is -2.32. The van der Waals surface area contributed by atoms with Crippen molar-refractivity contribution in [3.8, 4) is 11.1 Å². The molecule has 3 aliphatic rings. The van der Waals surface area contributed by atoms with Gasteiger partial charge in [0.15, 0.2) is 0 Å². The van der Waals surface area contributed by atoms with E-state index in [9.17, 15) is 24.0 Å². The van der Waals surface area contributed by atoms with E-state index in [1.165, 1.54) is 5.56 Å². The number of hydrogen-bond donors (Lipinski definition) is 2. The summed E-state index contributed by atoms with van der Waals surface area (Å²) in [5.74, 6) is 0.0478. The standard InChI is InChI=1S/C49H57N7O7/c1-31(54-24-26-62-27-25-54)30-55-41-19-18-36(45-32(2)53-63-33(45)3)29-40(41)51-43(55)21-17-34-13-15-35(16-14-34)28-37(57)10-7-5-4-6-8-23-50-39-12-9-11-38-46(39)49(61)56(48(38)60)42-20-22-44(58)52-47(42)59/h9,11-16,18-19,29,31,42,50H,4-8,10,17,20-28,30H2,1-3H3,(H,52,58,59). The van der Waals surface area contributed by atoms with Gasteiger partial charge in [0.25, 0.3) is 11.8 Å². The number of fused-ring (bicyclic) bond motifs is 2. The zero-order valence-corrected chi connectivity index (χ0v) is 36.5. The summed E-state index contributed by atoms with van der Waals surface area (Å²) in [4.78, 5) is 72.1. The minimum atomic E-state index is -0.993. The first-order chi connectivity index (χ1) is 30.5. The van der Waals surface area contributed by atoms with Gasteiger partial charge in [-0.15, -0.1) is 0 Å². The van der Waals surface area contributed by atoms with E-state index >= 15 is 0 Å². The fourth-order valence-corrected chi connectivity index (χ4v) is 9.28. The Labute approximate surface area is 367 Å². The van der Waals surface area contributed by atoms with Crippen LogP contribution in [-0.2, 0) is 44.9 Å². The summed E-state index contributed by atoms with van der Waals surface area (Å²) in [6.45, 7) is 11.0. The second kappa shape index (κ2) is 19.6. The number of amides is 4. The maximum absolute atomic E-state index is 13.3. The van der Waals surface area contributed by atoms with E-state index in [1.54, 1.807) is 18.2 Å². The molecule has 0 aliphatic carbocycles. The number of carbonyl (C=O) groups excluding carboxylic acids is 5. The van der Waals surface area contributed by atoms with Gasteiger partial charge >= 0.3 is 0 Å². The molecule has 3 aliphatic heterocycles. The third-order valence-electron chi connectivity index (χ3n) is 12.7. The van der Waals surface area contributed by atoms with Crippen LogP contribution in [0, 0.1) is 13.8 Å². The Bertz CT molecular complexity index is 2480. The van der Waals surface area contributed by atoms with Gasteiger partial charge in [0.2, 0.25) is 11.8 Å². The molecule has 5 aromatic rings. The monoisotopic (exact) mass is 855 g/mol. The molecule has 63 heavy (non-hydrogen) atoms. The Kier molecular flexibility index (Phi) is 13.6. The van der Waals surface area contributed by atoms with Crippen molar-refractivity contribution in [1.29, 1.82) is 0 Å². The smallest absolute Gasteiger partial charge is 0.264 e. The van der Waals surface area contributed by atoms with Crippen molar-refractivity contribution >= 4 is 46.1 Å². The van der Waals surface area contributed by atoms with Crippen molar-refractivity contribution in [2.75, 3.05) is 38.2 Å². The third kappa shape index (κ3) is 9.82. The van der Waals surface area contributed by atoms with Crippen LogP contribution in [0.3, 0.4) is 0 Å². The SMILES string of the molecule is Cc1noc(C)c1-c1ccc2c(c1)nc(CCc1ccc(CC(=O)CCCCCCCNc3cccc4c3C(=O)N(C3CCC(=O)NC3=O)C4=O)cc1)n2CC(C)N1CCOCC1. The number of unbranched alkanes of at least 4 members (excludes halogenated alkanes) is 4. The fourth-order valence-electron chi connectivity index (χ4n) is 9.28. The van der Waals surface area contributed by atoms with Gasteiger partial charge in [0.05, 0.1) is 41.1 Å². The molecule has 0 saturated carbocycles. The molecular weight excluding hydrogens is 799 g/mol. The van der Waals surface area contributed by atoms with Crippen LogP contribution in [0.2, 0.25) is 0 Å². The maximum Gasteiger partial charge on any atom is 0.264 e. The van der Waals surface area contributed by atoms with Gasteiger partial charge in [0, 0.05) is 69.2 Å². The number of rotatable bonds is 19. The summed E-state index contributed by atoms with van der Waals surface area (Å²) < 4.78 is 13.5. The van der Waals surface area contributed by atoms with Gasteiger partial charge in [-0.2, -0.15) is 0 Å². The maximum atomic E-state index is 13.3.